The summed E-state index contributed by atoms with van der Waals surface area (Å²) < 4.78 is 0. The standard InChI is InChI=1S/C15H30N2/c1-5-7-14-10-13(2)11-15(12-14)16-8-6-9-17(3)4/h11,14-16H,5-10,12H2,1-4H3/t14-,15+/m1/s1. The van der Waals surface area contributed by atoms with E-state index < -0.39 is 0 Å². The van der Waals surface area contributed by atoms with E-state index in [1.807, 2.05) is 0 Å². The first-order valence-electron chi connectivity index (χ1n) is 7.17. The Morgan fingerprint density at radius 2 is 2.18 bits per heavy atom. The Morgan fingerprint density at radius 3 is 2.82 bits per heavy atom. The molecular weight excluding hydrogens is 208 g/mol. The second-order valence-corrected chi connectivity index (χ2v) is 5.82. The Hall–Kier alpha value is -0.340. The van der Waals surface area contributed by atoms with Gasteiger partial charge in [-0.3, -0.25) is 0 Å². The Labute approximate surface area is 107 Å². The van der Waals surface area contributed by atoms with Gasteiger partial charge in [0.2, 0.25) is 0 Å². The summed E-state index contributed by atoms with van der Waals surface area (Å²) in [4.78, 5) is 2.25. The van der Waals surface area contributed by atoms with Crippen LogP contribution in [0.4, 0.5) is 0 Å². The lowest BCUT2D eigenvalue weighted by molar-refractivity contribution is 0.355. The predicted octanol–water partition coefficient (Wildman–Crippen LogP) is 3.05. The van der Waals surface area contributed by atoms with Gasteiger partial charge in [-0.2, -0.15) is 0 Å². The molecule has 2 nitrogen and oxygen atoms in total. The average molecular weight is 238 g/mol. The van der Waals surface area contributed by atoms with Gasteiger partial charge < -0.3 is 10.2 Å². The molecule has 1 aliphatic rings. The summed E-state index contributed by atoms with van der Waals surface area (Å²) in [5.41, 5.74) is 1.58. The zero-order valence-corrected chi connectivity index (χ0v) is 12.1. The van der Waals surface area contributed by atoms with Crippen LogP contribution in [0.2, 0.25) is 0 Å². The topological polar surface area (TPSA) is 15.3 Å². The molecule has 100 valence electrons. The van der Waals surface area contributed by atoms with E-state index in [0.29, 0.717) is 6.04 Å². The molecule has 17 heavy (non-hydrogen) atoms. The van der Waals surface area contributed by atoms with Crippen molar-refractivity contribution >= 4 is 0 Å². The summed E-state index contributed by atoms with van der Waals surface area (Å²) in [5.74, 6) is 0.913. The van der Waals surface area contributed by atoms with Gasteiger partial charge in [-0.15, -0.1) is 0 Å². The second-order valence-electron chi connectivity index (χ2n) is 5.82. The minimum absolute atomic E-state index is 0.627. The number of hydrogen-bond acceptors (Lipinski definition) is 2. The van der Waals surface area contributed by atoms with Crippen molar-refractivity contribution in [1.82, 2.24) is 10.2 Å². The molecule has 0 heterocycles. The highest BCUT2D eigenvalue weighted by molar-refractivity contribution is 5.09. The van der Waals surface area contributed by atoms with Gasteiger partial charge >= 0.3 is 0 Å². The van der Waals surface area contributed by atoms with Crippen molar-refractivity contribution < 1.29 is 0 Å². The lowest BCUT2D eigenvalue weighted by Gasteiger charge is -2.28. The van der Waals surface area contributed by atoms with Crippen LogP contribution >= 0.6 is 0 Å². The third-order valence-electron chi connectivity index (χ3n) is 3.57. The van der Waals surface area contributed by atoms with E-state index in [0.717, 1.165) is 12.5 Å². The van der Waals surface area contributed by atoms with Crippen molar-refractivity contribution in [2.24, 2.45) is 5.92 Å². The molecule has 0 fully saturated rings. The van der Waals surface area contributed by atoms with Gasteiger partial charge in [-0.1, -0.05) is 31.4 Å². The van der Waals surface area contributed by atoms with Crippen LogP contribution in [0.15, 0.2) is 11.6 Å². The molecule has 1 aliphatic carbocycles. The van der Waals surface area contributed by atoms with E-state index in [1.165, 1.54) is 38.6 Å². The van der Waals surface area contributed by atoms with Crippen molar-refractivity contribution in [1.29, 1.82) is 0 Å². The SMILES string of the molecule is CCC[C@@H]1CC(C)=C[C@H](NCCCN(C)C)C1. The highest BCUT2D eigenvalue weighted by Gasteiger charge is 2.19. The van der Waals surface area contributed by atoms with E-state index in [9.17, 15) is 0 Å². The van der Waals surface area contributed by atoms with Gasteiger partial charge in [0.25, 0.3) is 0 Å². The first-order valence-corrected chi connectivity index (χ1v) is 7.17. The third-order valence-corrected chi connectivity index (χ3v) is 3.57. The maximum absolute atomic E-state index is 3.69. The van der Waals surface area contributed by atoms with Crippen LogP contribution < -0.4 is 5.32 Å². The van der Waals surface area contributed by atoms with E-state index in [2.05, 4.69) is 44.2 Å². The fourth-order valence-corrected chi connectivity index (χ4v) is 2.83. The van der Waals surface area contributed by atoms with Crippen LogP contribution in [0, 0.1) is 5.92 Å². The molecule has 0 saturated heterocycles. The van der Waals surface area contributed by atoms with Gasteiger partial charge in [0.05, 0.1) is 0 Å². The van der Waals surface area contributed by atoms with Crippen molar-refractivity contribution in [3.8, 4) is 0 Å². The number of nitrogens with zero attached hydrogens (tertiary/aromatic N) is 1. The molecule has 0 saturated carbocycles. The molecule has 0 unspecified atom stereocenters. The van der Waals surface area contributed by atoms with Gasteiger partial charge in [0, 0.05) is 6.04 Å². The van der Waals surface area contributed by atoms with Crippen LogP contribution in [-0.2, 0) is 0 Å². The molecule has 0 bridgehead atoms. The zero-order chi connectivity index (χ0) is 12.7. The molecule has 0 radical (unpaired) electrons. The number of nitrogens with one attached hydrogen (secondary N) is 1. The minimum atomic E-state index is 0.627. The summed E-state index contributed by atoms with van der Waals surface area (Å²) in [6.45, 7) is 6.91. The molecule has 0 spiro atoms. The Balaban J connectivity index is 2.25. The fraction of sp³-hybridized carbons (Fsp3) is 0.867. The normalized spacial score (nSPS) is 25.1. The summed E-state index contributed by atoms with van der Waals surface area (Å²) in [7, 11) is 4.28. The van der Waals surface area contributed by atoms with E-state index in [4.69, 9.17) is 0 Å². The third kappa shape index (κ3) is 6.23. The molecule has 0 aromatic heterocycles. The second kappa shape index (κ2) is 7.88. The molecule has 0 aliphatic heterocycles. The average Bonchev–Trinajstić information content (AvgIpc) is 2.24. The minimum Gasteiger partial charge on any atom is -0.310 e. The van der Waals surface area contributed by atoms with Crippen molar-refractivity contribution in [3.63, 3.8) is 0 Å². The zero-order valence-electron chi connectivity index (χ0n) is 12.1. The number of rotatable bonds is 7. The summed E-state index contributed by atoms with van der Waals surface area (Å²) in [6.07, 6.45) is 9.07. The van der Waals surface area contributed by atoms with Gasteiger partial charge in [0.15, 0.2) is 0 Å². The van der Waals surface area contributed by atoms with Crippen molar-refractivity contribution in [3.05, 3.63) is 11.6 Å². The fourth-order valence-electron chi connectivity index (χ4n) is 2.83. The van der Waals surface area contributed by atoms with Crippen LogP contribution in [0.25, 0.3) is 0 Å². The molecule has 1 N–H and O–H groups in total. The number of allylic oxidation sites excluding steroid dienone is 1. The van der Waals surface area contributed by atoms with E-state index in [-0.39, 0.29) is 0 Å². The van der Waals surface area contributed by atoms with Gasteiger partial charge in [-0.25, -0.2) is 0 Å². The number of hydrogen-bond donors (Lipinski definition) is 1. The molecular formula is C15H30N2. The van der Waals surface area contributed by atoms with Crippen molar-refractivity contribution in [2.45, 2.75) is 52.0 Å². The van der Waals surface area contributed by atoms with Crippen LogP contribution in [-0.4, -0.2) is 38.1 Å². The quantitative estimate of drug-likeness (QED) is 0.542. The molecule has 1 rings (SSSR count). The van der Waals surface area contributed by atoms with Gasteiger partial charge in [0.1, 0.15) is 0 Å². The van der Waals surface area contributed by atoms with Crippen LogP contribution in [0.5, 0.6) is 0 Å². The Bertz CT molecular complexity index is 233. The molecule has 2 atom stereocenters. The van der Waals surface area contributed by atoms with E-state index in [1.54, 1.807) is 5.57 Å². The lowest BCUT2D eigenvalue weighted by atomic mass is 9.84. The highest BCUT2D eigenvalue weighted by atomic mass is 15.1. The first-order chi connectivity index (χ1) is 8.11. The summed E-state index contributed by atoms with van der Waals surface area (Å²) in [6, 6.07) is 0.627. The lowest BCUT2D eigenvalue weighted by Crippen LogP contribution is -2.34. The smallest absolute Gasteiger partial charge is 0.0255 e. The summed E-state index contributed by atoms with van der Waals surface area (Å²) >= 11 is 0. The van der Waals surface area contributed by atoms with Gasteiger partial charge in [-0.05, 0) is 59.3 Å². The van der Waals surface area contributed by atoms with Crippen molar-refractivity contribution in [2.75, 3.05) is 27.2 Å². The first kappa shape index (κ1) is 14.7. The predicted molar refractivity (Wildman–Crippen MR) is 76.4 cm³/mol. The maximum atomic E-state index is 3.69. The Morgan fingerprint density at radius 1 is 1.41 bits per heavy atom. The monoisotopic (exact) mass is 238 g/mol. The largest absolute Gasteiger partial charge is 0.310 e. The molecule has 2 heteroatoms. The Kier molecular flexibility index (Phi) is 6.83. The van der Waals surface area contributed by atoms with E-state index >= 15 is 0 Å². The maximum Gasteiger partial charge on any atom is 0.0255 e. The van der Waals surface area contributed by atoms with Crippen LogP contribution in [0.1, 0.15) is 46.0 Å². The highest BCUT2D eigenvalue weighted by Crippen LogP contribution is 2.27. The van der Waals surface area contributed by atoms with Crippen LogP contribution in [0.3, 0.4) is 0 Å². The molecule has 0 aromatic carbocycles. The molecule has 0 amide bonds. The molecule has 0 aromatic rings. The summed E-state index contributed by atoms with van der Waals surface area (Å²) in [5, 5.41) is 3.69.